The van der Waals surface area contributed by atoms with E-state index < -0.39 is 36.1 Å². The van der Waals surface area contributed by atoms with E-state index in [2.05, 4.69) is 15.0 Å². The van der Waals surface area contributed by atoms with Crippen molar-refractivity contribution in [1.82, 2.24) is 29.8 Å². The molecule has 16 nitrogen and oxygen atoms in total. The lowest BCUT2D eigenvalue weighted by molar-refractivity contribution is -0.136. The number of halogens is 2. The summed E-state index contributed by atoms with van der Waals surface area (Å²) in [6.07, 6.45) is 5.90. The van der Waals surface area contributed by atoms with Gasteiger partial charge in [-0.3, -0.25) is 48.7 Å². The zero-order valence-electron chi connectivity index (χ0n) is 36.1. The van der Waals surface area contributed by atoms with Crippen LogP contribution < -0.4 is 20.7 Å². The average molecular weight is 882 g/mol. The Hall–Kier alpha value is -6.46. The van der Waals surface area contributed by atoms with Gasteiger partial charge in [-0.15, -0.1) is 0 Å². The summed E-state index contributed by atoms with van der Waals surface area (Å²) in [6.45, 7) is 4.42. The molecule has 2 saturated heterocycles. The van der Waals surface area contributed by atoms with Crippen LogP contribution in [0.4, 0.5) is 20.3 Å². The van der Waals surface area contributed by atoms with Crippen LogP contribution in [0.2, 0.25) is 0 Å². The number of allylic oxidation sites excluding steroid dienone is 1. The first-order valence-electron chi connectivity index (χ1n) is 22.1. The molecule has 18 heteroatoms. The molecule has 338 valence electrons. The molecule has 3 N–H and O–H groups in total. The normalized spacial score (nSPS) is 19.4. The maximum atomic E-state index is 14.7. The Labute approximate surface area is 369 Å². The summed E-state index contributed by atoms with van der Waals surface area (Å²) >= 11 is 0. The van der Waals surface area contributed by atoms with Crippen LogP contribution in [0.1, 0.15) is 126 Å². The van der Waals surface area contributed by atoms with Crippen molar-refractivity contribution in [3.05, 3.63) is 75.6 Å². The van der Waals surface area contributed by atoms with E-state index in [4.69, 9.17) is 15.6 Å². The van der Waals surface area contributed by atoms with Crippen molar-refractivity contribution in [3.63, 3.8) is 0 Å². The van der Waals surface area contributed by atoms with E-state index in [1.807, 2.05) is 9.80 Å². The lowest BCUT2D eigenvalue weighted by Crippen LogP contribution is -2.54. The maximum absolute atomic E-state index is 14.7. The Balaban J connectivity index is 0.881. The van der Waals surface area contributed by atoms with Gasteiger partial charge in [0, 0.05) is 99.9 Å². The molecule has 0 bridgehead atoms. The molecule has 3 aromatic rings. The number of carbonyl (C=O) groups is 6. The fourth-order valence-electron chi connectivity index (χ4n) is 9.72. The van der Waals surface area contributed by atoms with E-state index in [1.165, 1.54) is 18.5 Å². The number of alkyl halides is 2. The van der Waals surface area contributed by atoms with E-state index in [-0.39, 0.29) is 59.7 Å². The van der Waals surface area contributed by atoms with Gasteiger partial charge in [0.2, 0.25) is 23.6 Å². The topological polar surface area (TPSA) is 193 Å². The number of nitrogens with two attached hydrogens (primary N) is 1. The number of rotatable bonds is 13. The average Bonchev–Trinajstić information content (AvgIpc) is 3.79. The Morgan fingerprint density at radius 2 is 1.78 bits per heavy atom. The summed E-state index contributed by atoms with van der Waals surface area (Å²) in [5.41, 5.74) is 10.3. The minimum absolute atomic E-state index is 0.0131. The van der Waals surface area contributed by atoms with Gasteiger partial charge in [0.25, 0.3) is 18.2 Å². The highest BCUT2D eigenvalue weighted by Crippen LogP contribution is 2.43. The molecule has 64 heavy (non-hydrogen) atoms. The number of aromatic nitrogens is 2. The molecule has 5 aliphatic rings. The van der Waals surface area contributed by atoms with Crippen LogP contribution in [0.3, 0.4) is 0 Å². The maximum Gasteiger partial charge on any atom is 0.266 e. The van der Waals surface area contributed by atoms with E-state index in [9.17, 15) is 37.5 Å². The largest absolute Gasteiger partial charge is 0.493 e. The summed E-state index contributed by atoms with van der Waals surface area (Å²) in [6, 6.07) is 7.04. The molecular weight excluding hydrogens is 829 g/mol. The third kappa shape index (κ3) is 8.48. The molecule has 8 rings (SSSR count). The smallest absolute Gasteiger partial charge is 0.266 e. The number of carbonyl (C=O) groups excluding carboxylic acids is 6. The van der Waals surface area contributed by atoms with Crippen molar-refractivity contribution in [2.24, 2.45) is 10.7 Å². The number of piperidine rings is 2. The van der Waals surface area contributed by atoms with E-state index in [0.29, 0.717) is 107 Å². The second kappa shape index (κ2) is 18.7. The number of likely N-dealkylation sites (tertiary alicyclic amines) is 1. The van der Waals surface area contributed by atoms with E-state index in [0.717, 1.165) is 28.1 Å². The number of benzene rings is 2. The number of ether oxygens (including phenoxy) is 1. The number of amides is 6. The van der Waals surface area contributed by atoms with Gasteiger partial charge in [-0.05, 0) is 86.8 Å². The SMILES string of the molecule is CN=C/C(=C\N)c1cc2c(cc1C(F)F)N(c1nn(C3CCN(C(=O)CCCCCOc4cccc5c4C(=O)N(C4CCC(=O)NC4=O)C5=O)CC3)c3c1CN(C(C)=O)CC3)CCC2. The molecule has 1 atom stereocenters. The van der Waals surface area contributed by atoms with Crippen molar-refractivity contribution < 1.29 is 42.3 Å². The molecule has 0 aliphatic carbocycles. The lowest BCUT2D eigenvalue weighted by atomic mass is 9.92. The first-order chi connectivity index (χ1) is 30.9. The van der Waals surface area contributed by atoms with Crippen LogP contribution in [0.25, 0.3) is 5.57 Å². The Morgan fingerprint density at radius 3 is 2.50 bits per heavy atom. The van der Waals surface area contributed by atoms with Crippen molar-refractivity contribution in [1.29, 1.82) is 0 Å². The van der Waals surface area contributed by atoms with Crippen molar-refractivity contribution >= 4 is 58.7 Å². The fourth-order valence-corrected chi connectivity index (χ4v) is 9.72. The van der Waals surface area contributed by atoms with Gasteiger partial charge in [0.05, 0.1) is 30.3 Å². The van der Waals surface area contributed by atoms with Crippen LogP contribution in [-0.4, -0.2) is 112 Å². The molecule has 0 radical (unpaired) electrons. The number of nitrogens with zero attached hydrogens (tertiary/aromatic N) is 7. The van der Waals surface area contributed by atoms with Gasteiger partial charge >= 0.3 is 0 Å². The first kappa shape index (κ1) is 44.2. The molecule has 1 aromatic heterocycles. The Morgan fingerprint density at radius 1 is 0.984 bits per heavy atom. The number of imide groups is 2. The van der Waals surface area contributed by atoms with Gasteiger partial charge in [-0.2, -0.15) is 5.10 Å². The van der Waals surface area contributed by atoms with Gasteiger partial charge in [0.15, 0.2) is 5.82 Å². The second-order valence-electron chi connectivity index (χ2n) is 16.9. The zero-order valence-corrected chi connectivity index (χ0v) is 36.1. The predicted octanol–water partition coefficient (Wildman–Crippen LogP) is 5.01. The van der Waals surface area contributed by atoms with Crippen LogP contribution >= 0.6 is 0 Å². The van der Waals surface area contributed by atoms with Gasteiger partial charge < -0.3 is 25.2 Å². The monoisotopic (exact) mass is 881 g/mol. The summed E-state index contributed by atoms with van der Waals surface area (Å²) in [4.78, 5) is 87.3. The highest BCUT2D eigenvalue weighted by atomic mass is 19.3. The molecule has 0 saturated carbocycles. The van der Waals surface area contributed by atoms with Crippen LogP contribution in [-0.2, 0) is 38.6 Å². The summed E-state index contributed by atoms with van der Waals surface area (Å²) in [7, 11) is 1.57. The predicted molar refractivity (Wildman–Crippen MR) is 232 cm³/mol. The Bertz CT molecular complexity index is 2440. The number of aliphatic imine (C=N–C) groups is 1. The van der Waals surface area contributed by atoms with Crippen LogP contribution in [0.5, 0.6) is 5.75 Å². The third-order valence-corrected chi connectivity index (χ3v) is 13.0. The fraction of sp³-hybridized carbons (Fsp3) is 0.478. The van der Waals surface area contributed by atoms with Crippen molar-refractivity contribution in [2.45, 2.75) is 103 Å². The molecule has 2 aromatic carbocycles. The second-order valence-corrected chi connectivity index (χ2v) is 16.9. The number of unbranched alkanes of at least 4 members (excludes halogenated alkanes) is 2. The first-order valence-corrected chi connectivity index (χ1v) is 22.1. The quantitative estimate of drug-likeness (QED) is 0.134. The molecule has 1 unspecified atom stereocenters. The molecule has 5 aliphatic heterocycles. The lowest BCUT2D eigenvalue weighted by Gasteiger charge is -2.34. The summed E-state index contributed by atoms with van der Waals surface area (Å²) in [5.74, 6) is -1.39. The van der Waals surface area contributed by atoms with Gasteiger partial charge in [0.1, 0.15) is 11.8 Å². The van der Waals surface area contributed by atoms with Crippen molar-refractivity contribution in [2.75, 3.05) is 44.7 Å². The minimum atomic E-state index is -2.75. The van der Waals surface area contributed by atoms with Crippen LogP contribution in [0, 0.1) is 0 Å². The number of hydrogen-bond donors (Lipinski definition) is 2. The summed E-state index contributed by atoms with van der Waals surface area (Å²) < 4.78 is 37.3. The molecule has 2 fully saturated rings. The van der Waals surface area contributed by atoms with E-state index >= 15 is 0 Å². The third-order valence-electron chi connectivity index (χ3n) is 13.0. The Kier molecular flexibility index (Phi) is 12.9. The molecular formula is C46H53F2N9O7. The number of fused-ring (bicyclic) bond motifs is 3. The standard InChI is InChI=1S/C46H53F2N9O7/c1-27(58)54-20-16-35-34(26-54)43(55-17-7-8-28-22-32(29(24-49)25-50-2)33(42(47)48)23-37(28)55)52-57(35)30-14-18-53(19-15-30)40(60)11-4-3-5-21-64-38-10-6-9-31-41(38)46(63)56(45(31)62)36-12-13-39(59)51-44(36)61/h6,9-10,22-25,30,36,42H,3-5,7-8,11-21,26,49H2,1-2H3,(H,51,59,61)/b29-24+,50-25?. The van der Waals surface area contributed by atoms with Crippen molar-refractivity contribution in [3.8, 4) is 5.75 Å². The highest BCUT2D eigenvalue weighted by Gasteiger charge is 2.46. The number of nitrogens with one attached hydrogen (secondary N) is 1. The number of aryl methyl sites for hydroxylation is 1. The summed E-state index contributed by atoms with van der Waals surface area (Å²) in [5, 5.41) is 7.42. The number of hydrogen-bond acceptors (Lipinski definition) is 11. The highest BCUT2D eigenvalue weighted by molar-refractivity contribution is 6.24. The molecule has 6 heterocycles. The van der Waals surface area contributed by atoms with Gasteiger partial charge in [-0.1, -0.05) is 6.07 Å². The van der Waals surface area contributed by atoms with Crippen LogP contribution in [0.15, 0.2) is 41.5 Å². The minimum Gasteiger partial charge on any atom is -0.493 e. The molecule has 0 spiro atoms. The molecule has 6 amide bonds. The number of anilines is 2. The zero-order chi connectivity index (χ0) is 45.2. The van der Waals surface area contributed by atoms with Gasteiger partial charge in [-0.25, -0.2) is 8.78 Å². The van der Waals surface area contributed by atoms with E-state index in [1.54, 1.807) is 43.1 Å².